The SMILES string of the molecule is C[C@@H](CN1CCN2C(=O)C(=O)NC[C@H]2C1)c1cccc(Cl)c1. The number of hydrogen-bond acceptors (Lipinski definition) is 3. The van der Waals surface area contributed by atoms with Gasteiger partial charge in [0.1, 0.15) is 0 Å². The number of amides is 2. The highest BCUT2D eigenvalue weighted by Crippen LogP contribution is 2.22. The predicted octanol–water partition coefficient (Wildman–Crippen LogP) is 1.09. The van der Waals surface area contributed by atoms with Gasteiger partial charge in [-0.15, -0.1) is 0 Å². The van der Waals surface area contributed by atoms with Gasteiger partial charge in [-0.25, -0.2) is 0 Å². The fraction of sp³-hybridized carbons (Fsp3) is 0.500. The highest BCUT2D eigenvalue weighted by Gasteiger charge is 2.37. The molecule has 2 atom stereocenters. The molecule has 118 valence electrons. The van der Waals surface area contributed by atoms with Crippen LogP contribution in [-0.4, -0.2) is 60.4 Å². The van der Waals surface area contributed by atoms with Crippen LogP contribution < -0.4 is 5.32 Å². The minimum absolute atomic E-state index is 0.0884. The predicted molar refractivity (Wildman–Crippen MR) is 84.8 cm³/mol. The largest absolute Gasteiger partial charge is 0.346 e. The fourth-order valence-corrected chi connectivity index (χ4v) is 3.45. The molecule has 0 spiro atoms. The molecule has 0 unspecified atom stereocenters. The number of hydrogen-bond donors (Lipinski definition) is 1. The van der Waals surface area contributed by atoms with Crippen LogP contribution >= 0.6 is 11.6 Å². The maximum absolute atomic E-state index is 11.8. The van der Waals surface area contributed by atoms with E-state index in [1.165, 1.54) is 5.56 Å². The van der Waals surface area contributed by atoms with Gasteiger partial charge in [-0.1, -0.05) is 30.7 Å². The zero-order valence-corrected chi connectivity index (χ0v) is 13.3. The third-order valence-corrected chi connectivity index (χ3v) is 4.71. The molecular formula is C16H20ClN3O2. The molecule has 6 heteroatoms. The Morgan fingerprint density at radius 2 is 2.18 bits per heavy atom. The third kappa shape index (κ3) is 3.10. The molecule has 2 fully saturated rings. The molecule has 2 heterocycles. The lowest BCUT2D eigenvalue weighted by Crippen LogP contribution is -2.65. The van der Waals surface area contributed by atoms with Crippen LogP contribution in [0.5, 0.6) is 0 Å². The van der Waals surface area contributed by atoms with Gasteiger partial charge in [-0.05, 0) is 23.6 Å². The van der Waals surface area contributed by atoms with Crippen molar-refractivity contribution < 1.29 is 9.59 Å². The van der Waals surface area contributed by atoms with Crippen molar-refractivity contribution in [3.05, 3.63) is 34.9 Å². The first-order valence-corrected chi connectivity index (χ1v) is 7.99. The molecule has 5 nitrogen and oxygen atoms in total. The van der Waals surface area contributed by atoms with Gasteiger partial charge in [0.15, 0.2) is 0 Å². The van der Waals surface area contributed by atoms with Crippen LogP contribution in [0.4, 0.5) is 0 Å². The zero-order chi connectivity index (χ0) is 15.7. The van der Waals surface area contributed by atoms with E-state index in [-0.39, 0.29) is 6.04 Å². The molecule has 0 aromatic heterocycles. The standard InChI is InChI=1S/C16H20ClN3O2/c1-11(12-3-2-4-13(17)7-12)9-19-5-6-20-14(10-19)8-18-15(21)16(20)22/h2-4,7,11,14H,5-6,8-10H2,1H3,(H,18,21)/t11-,14-/m0/s1. The Balaban J connectivity index is 1.61. The molecule has 2 aliphatic rings. The summed E-state index contributed by atoms with van der Waals surface area (Å²) in [5.74, 6) is -0.491. The van der Waals surface area contributed by atoms with Crippen LogP contribution in [0.15, 0.2) is 24.3 Å². The van der Waals surface area contributed by atoms with Gasteiger partial charge in [0.25, 0.3) is 0 Å². The average molecular weight is 322 g/mol. The van der Waals surface area contributed by atoms with Crippen molar-refractivity contribution in [3.8, 4) is 0 Å². The maximum Gasteiger partial charge on any atom is 0.312 e. The highest BCUT2D eigenvalue weighted by molar-refractivity contribution is 6.35. The van der Waals surface area contributed by atoms with Crippen LogP contribution in [0, 0.1) is 0 Å². The second-order valence-electron chi connectivity index (χ2n) is 6.08. The Kier molecular flexibility index (Phi) is 4.36. The molecule has 2 aliphatic heterocycles. The van der Waals surface area contributed by atoms with E-state index in [0.717, 1.165) is 24.7 Å². The summed E-state index contributed by atoms with van der Waals surface area (Å²) in [7, 11) is 0. The Hall–Kier alpha value is -1.59. The summed E-state index contributed by atoms with van der Waals surface area (Å²) in [6.45, 7) is 5.89. The molecule has 22 heavy (non-hydrogen) atoms. The summed E-state index contributed by atoms with van der Waals surface area (Å²) in [4.78, 5) is 27.3. The normalized spacial score (nSPS) is 23.9. The summed E-state index contributed by atoms with van der Waals surface area (Å²) < 4.78 is 0. The lowest BCUT2D eigenvalue weighted by atomic mass is 9.99. The monoisotopic (exact) mass is 321 g/mol. The van der Waals surface area contributed by atoms with E-state index in [4.69, 9.17) is 11.6 Å². The van der Waals surface area contributed by atoms with Crippen LogP contribution in [0.2, 0.25) is 5.02 Å². The molecule has 0 aliphatic carbocycles. The van der Waals surface area contributed by atoms with E-state index in [2.05, 4.69) is 23.2 Å². The molecule has 1 aromatic rings. The highest BCUT2D eigenvalue weighted by atomic mass is 35.5. The minimum Gasteiger partial charge on any atom is -0.346 e. The van der Waals surface area contributed by atoms with E-state index in [1.54, 1.807) is 4.90 Å². The number of carbonyl (C=O) groups is 2. The molecule has 1 aromatic carbocycles. The Morgan fingerprint density at radius 1 is 1.36 bits per heavy atom. The molecular weight excluding hydrogens is 302 g/mol. The van der Waals surface area contributed by atoms with Crippen molar-refractivity contribution in [1.82, 2.24) is 15.1 Å². The molecule has 0 bridgehead atoms. The summed E-state index contributed by atoms with van der Waals surface area (Å²) in [5.41, 5.74) is 1.22. The van der Waals surface area contributed by atoms with Crippen molar-refractivity contribution in [2.75, 3.05) is 32.7 Å². The fourth-order valence-electron chi connectivity index (χ4n) is 3.25. The molecule has 2 saturated heterocycles. The summed E-state index contributed by atoms with van der Waals surface area (Å²) >= 11 is 6.05. The van der Waals surface area contributed by atoms with Crippen molar-refractivity contribution >= 4 is 23.4 Å². The number of piperazine rings is 2. The first kappa shape index (κ1) is 15.3. The molecule has 0 saturated carbocycles. The van der Waals surface area contributed by atoms with Crippen molar-refractivity contribution in [3.63, 3.8) is 0 Å². The van der Waals surface area contributed by atoms with Gasteiger partial charge in [-0.2, -0.15) is 0 Å². The molecule has 1 N–H and O–H groups in total. The minimum atomic E-state index is -0.475. The Labute approximate surface area is 135 Å². The number of nitrogens with zero attached hydrogens (tertiary/aromatic N) is 2. The number of halogens is 1. The lowest BCUT2D eigenvalue weighted by Gasteiger charge is -2.44. The lowest BCUT2D eigenvalue weighted by molar-refractivity contribution is -0.152. The van der Waals surface area contributed by atoms with Crippen LogP contribution in [0.1, 0.15) is 18.4 Å². The number of carbonyl (C=O) groups excluding carboxylic acids is 2. The molecule has 3 rings (SSSR count). The van der Waals surface area contributed by atoms with Gasteiger partial charge in [-0.3, -0.25) is 14.5 Å². The second-order valence-corrected chi connectivity index (χ2v) is 6.51. The van der Waals surface area contributed by atoms with Crippen LogP contribution in [-0.2, 0) is 9.59 Å². The van der Waals surface area contributed by atoms with Crippen LogP contribution in [0.3, 0.4) is 0 Å². The first-order valence-electron chi connectivity index (χ1n) is 7.61. The second kappa shape index (κ2) is 6.26. The van der Waals surface area contributed by atoms with Gasteiger partial charge in [0, 0.05) is 37.7 Å². The van der Waals surface area contributed by atoms with Crippen molar-refractivity contribution in [2.45, 2.75) is 18.9 Å². The number of nitrogens with one attached hydrogen (secondary N) is 1. The van der Waals surface area contributed by atoms with Gasteiger partial charge in [0.2, 0.25) is 0 Å². The summed E-state index contributed by atoms with van der Waals surface area (Å²) in [6.07, 6.45) is 0. The van der Waals surface area contributed by atoms with E-state index < -0.39 is 11.8 Å². The van der Waals surface area contributed by atoms with E-state index in [1.807, 2.05) is 18.2 Å². The van der Waals surface area contributed by atoms with Crippen LogP contribution in [0.25, 0.3) is 0 Å². The average Bonchev–Trinajstić information content (AvgIpc) is 2.51. The van der Waals surface area contributed by atoms with Gasteiger partial charge in [0.05, 0.1) is 6.04 Å². The molecule has 0 radical (unpaired) electrons. The quantitative estimate of drug-likeness (QED) is 0.848. The number of fused-ring (bicyclic) bond motifs is 1. The van der Waals surface area contributed by atoms with Crippen molar-refractivity contribution in [1.29, 1.82) is 0 Å². The maximum atomic E-state index is 11.8. The molecule has 2 amide bonds. The van der Waals surface area contributed by atoms with Crippen molar-refractivity contribution in [2.24, 2.45) is 0 Å². The summed E-state index contributed by atoms with van der Waals surface area (Å²) in [6, 6.07) is 8.05. The zero-order valence-electron chi connectivity index (χ0n) is 12.6. The Bertz CT molecular complexity index is 593. The number of rotatable bonds is 3. The smallest absolute Gasteiger partial charge is 0.312 e. The summed E-state index contributed by atoms with van der Waals surface area (Å²) in [5, 5.41) is 3.43. The Morgan fingerprint density at radius 3 is 2.95 bits per heavy atom. The topological polar surface area (TPSA) is 52.7 Å². The van der Waals surface area contributed by atoms with Gasteiger partial charge >= 0.3 is 11.8 Å². The third-order valence-electron chi connectivity index (χ3n) is 4.47. The van der Waals surface area contributed by atoms with E-state index >= 15 is 0 Å². The van der Waals surface area contributed by atoms with Gasteiger partial charge < -0.3 is 10.2 Å². The number of benzene rings is 1. The first-order chi connectivity index (χ1) is 10.5. The van der Waals surface area contributed by atoms with E-state index in [0.29, 0.717) is 19.0 Å². The van der Waals surface area contributed by atoms with E-state index in [9.17, 15) is 9.59 Å².